The fraction of sp³-hybridized carbons (Fsp3) is 0.308. The maximum atomic E-state index is 13.6. The van der Waals surface area contributed by atoms with Gasteiger partial charge in [0.2, 0.25) is 0 Å². The summed E-state index contributed by atoms with van der Waals surface area (Å²) in [6.07, 6.45) is 1.81. The summed E-state index contributed by atoms with van der Waals surface area (Å²) < 4.78 is 16.1. The molecule has 0 radical (unpaired) electrons. The van der Waals surface area contributed by atoms with Gasteiger partial charge in [-0.3, -0.25) is 0 Å². The van der Waals surface area contributed by atoms with E-state index in [0.29, 0.717) is 4.47 Å². The van der Waals surface area contributed by atoms with Crippen LogP contribution >= 0.6 is 15.9 Å². The van der Waals surface area contributed by atoms with Gasteiger partial charge in [0, 0.05) is 7.05 Å². The Morgan fingerprint density at radius 3 is 2.72 bits per heavy atom. The molecule has 1 N–H and O–H groups in total. The molecule has 1 heterocycles. The Morgan fingerprint density at radius 1 is 1.44 bits per heavy atom. The van der Waals surface area contributed by atoms with E-state index in [1.54, 1.807) is 6.07 Å². The molecule has 5 heteroatoms. The van der Waals surface area contributed by atoms with E-state index < -0.39 is 0 Å². The van der Waals surface area contributed by atoms with Gasteiger partial charge in [0.05, 0.1) is 22.4 Å². The van der Waals surface area contributed by atoms with E-state index in [1.165, 1.54) is 6.07 Å². The van der Waals surface area contributed by atoms with Crippen LogP contribution in [0.3, 0.4) is 0 Å². The number of hydrogen-bond acceptors (Lipinski definition) is 2. The normalized spacial score (nSPS) is 12.7. The predicted octanol–water partition coefficient (Wildman–Crippen LogP) is 2.94. The molecule has 0 saturated carbocycles. The maximum Gasteiger partial charge on any atom is 0.137 e. The number of nitrogens with zero attached hydrogens (tertiary/aromatic N) is 2. The number of aryl methyl sites for hydroxylation is 1. The number of hydrogen-bond donors (Lipinski definition) is 1. The Bertz CT molecular complexity index is 565. The number of nitrogens with one attached hydrogen (secondary N) is 1. The van der Waals surface area contributed by atoms with Gasteiger partial charge in [0.1, 0.15) is 11.6 Å². The van der Waals surface area contributed by atoms with Crippen molar-refractivity contribution >= 4 is 15.9 Å². The first-order chi connectivity index (χ1) is 8.56. The summed E-state index contributed by atoms with van der Waals surface area (Å²) >= 11 is 3.31. The molecule has 0 amide bonds. The van der Waals surface area contributed by atoms with E-state index in [2.05, 4.69) is 26.2 Å². The van der Waals surface area contributed by atoms with E-state index in [1.807, 2.05) is 37.8 Å². The Morgan fingerprint density at radius 2 is 2.17 bits per heavy atom. The summed E-state index contributed by atoms with van der Waals surface area (Å²) in [6, 6.07) is 4.95. The molecule has 0 saturated heterocycles. The van der Waals surface area contributed by atoms with Crippen molar-refractivity contribution in [3.63, 3.8) is 0 Å². The van der Waals surface area contributed by atoms with Gasteiger partial charge in [-0.2, -0.15) is 0 Å². The standard InChI is InChI=1S/C13H15BrFN3/c1-8-17-7-11(18(8)3)13(16-2)9-5-4-6-10(15)12(9)14/h4-7,13,16H,1-3H3. The molecular weight excluding hydrogens is 297 g/mol. The second-order valence-corrected chi connectivity index (χ2v) is 4.95. The SMILES string of the molecule is CNC(c1cccc(F)c1Br)c1cnc(C)n1C. The van der Waals surface area contributed by atoms with Gasteiger partial charge in [-0.25, -0.2) is 9.37 Å². The number of halogens is 2. The van der Waals surface area contributed by atoms with Crippen LogP contribution in [0, 0.1) is 12.7 Å². The Balaban J connectivity index is 2.52. The van der Waals surface area contributed by atoms with E-state index in [4.69, 9.17) is 0 Å². The molecule has 96 valence electrons. The van der Waals surface area contributed by atoms with Crippen LogP contribution in [0.1, 0.15) is 23.1 Å². The molecule has 1 unspecified atom stereocenters. The number of benzene rings is 1. The van der Waals surface area contributed by atoms with Crippen LogP contribution in [0.5, 0.6) is 0 Å². The van der Waals surface area contributed by atoms with Crippen molar-refractivity contribution < 1.29 is 4.39 Å². The summed E-state index contributed by atoms with van der Waals surface area (Å²) in [7, 11) is 3.81. The fourth-order valence-corrected chi connectivity index (χ4v) is 2.49. The second kappa shape index (κ2) is 5.20. The van der Waals surface area contributed by atoms with Crippen LogP contribution in [0.4, 0.5) is 4.39 Å². The molecule has 2 aromatic rings. The predicted molar refractivity (Wildman–Crippen MR) is 72.9 cm³/mol. The van der Waals surface area contributed by atoms with Gasteiger partial charge in [0.25, 0.3) is 0 Å². The molecule has 2 rings (SSSR count). The molecular formula is C13H15BrFN3. The molecule has 0 spiro atoms. The Hall–Kier alpha value is -1.20. The van der Waals surface area contributed by atoms with Crippen molar-refractivity contribution in [1.29, 1.82) is 0 Å². The third-order valence-corrected chi connectivity index (χ3v) is 3.97. The van der Waals surface area contributed by atoms with Crippen molar-refractivity contribution in [2.45, 2.75) is 13.0 Å². The summed E-state index contributed by atoms with van der Waals surface area (Å²) in [4.78, 5) is 4.28. The molecule has 0 aliphatic rings. The summed E-state index contributed by atoms with van der Waals surface area (Å²) in [6.45, 7) is 1.94. The number of imidazole rings is 1. The van der Waals surface area contributed by atoms with Crippen molar-refractivity contribution in [3.05, 3.63) is 51.8 Å². The van der Waals surface area contributed by atoms with Gasteiger partial charge in [-0.05, 0) is 41.5 Å². The minimum Gasteiger partial charge on any atom is -0.334 e. The highest BCUT2D eigenvalue weighted by Crippen LogP contribution is 2.30. The lowest BCUT2D eigenvalue weighted by Gasteiger charge is -2.19. The Kier molecular flexibility index (Phi) is 3.82. The van der Waals surface area contributed by atoms with E-state index in [-0.39, 0.29) is 11.9 Å². The quantitative estimate of drug-likeness (QED) is 0.944. The molecule has 0 bridgehead atoms. The number of aromatic nitrogens is 2. The van der Waals surface area contributed by atoms with Crippen LogP contribution in [0.2, 0.25) is 0 Å². The van der Waals surface area contributed by atoms with E-state index in [0.717, 1.165) is 17.1 Å². The molecule has 1 atom stereocenters. The third kappa shape index (κ3) is 2.20. The second-order valence-electron chi connectivity index (χ2n) is 4.15. The van der Waals surface area contributed by atoms with Gasteiger partial charge in [-0.15, -0.1) is 0 Å². The van der Waals surface area contributed by atoms with Crippen LogP contribution in [-0.2, 0) is 7.05 Å². The van der Waals surface area contributed by atoms with E-state index >= 15 is 0 Å². The zero-order chi connectivity index (χ0) is 13.3. The molecule has 18 heavy (non-hydrogen) atoms. The van der Waals surface area contributed by atoms with Gasteiger partial charge >= 0.3 is 0 Å². The van der Waals surface area contributed by atoms with Crippen LogP contribution in [-0.4, -0.2) is 16.6 Å². The lowest BCUT2D eigenvalue weighted by molar-refractivity contribution is 0.596. The van der Waals surface area contributed by atoms with Gasteiger partial charge in [0.15, 0.2) is 0 Å². The smallest absolute Gasteiger partial charge is 0.137 e. The summed E-state index contributed by atoms with van der Waals surface area (Å²) in [5.41, 5.74) is 1.86. The first-order valence-corrected chi connectivity index (χ1v) is 6.45. The molecule has 0 aliphatic carbocycles. The fourth-order valence-electron chi connectivity index (χ4n) is 1.99. The highest BCUT2D eigenvalue weighted by molar-refractivity contribution is 9.10. The van der Waals surface area contributed by atoms with Crippen molar-refractivity contribution in [2.24, 2.45) is 7.05 Å². The molecule has 3 nitrogen and oxygen atoms in total. The van der Waals surface area contributed by atoms with Gasteiger partial charge in [-0.1, -0.05) is 12.1 Å². The zero-order valence-corrected chi connectivity index (χ0v) is 12.1. The van der Waals surface area contributed by atoms with Gasteiger partial charge < -0.3 is 9.88 Å². The lowest BCUT2D eigenvalue weighted by atomic mass is 10.0. The minimum atomic E-state index is -0.258. The van der Waals surface area contributed by atoms with Crippen molar-refractivity contribution in [1.82, 2.24) is 14.9 Å². The van der Waals surface area contributed by atoms with Crippen LogP contribution in [0.25, 0.3) is 0 Å². The average Bonchev–Trinajstić information content (AvgIpc) is 2.68. The third-order valence-electron chi connectivity index (χ3n) is 3.13. The molecule has 0 aliphatic heterocycles. The van der Waals surface area contributed by atoms with Crippen LogP contribution < -0.4 is 5.32 Å². The monoisotopic (exact) mass is 311 g/mol. The minimum absolute atomic E-state index is 0.0960. The summed E-state index contributed by atoms with van der Waals surface area (Å²) in [5.74, 6) is 0.671. The number of rotatable bonds is 3. The topological polar surface area (TPSA) is 29.9 Å². The van der Waals surface area contributed by atoms with Crippen molar-refractivity contribution in [2.75, 3.05) is 7.05 Å². The zero-order valence-electron chi connectivity index (χ0n) is 10.5. The first-order valence-electron chi connectivity index (χ1n) is 5.65. The average molecular weight is 312 g/mol. The highest BCUT2D eigenvalue weighted by atomic mass is 79.9. The first kappa shape index (κ1) is 13.2. The lowest BCUT2D eigenvalue weighted by Crippen LogP contribution is -2.21. The van der Waals surface area contributed by atoms with Crippen molar-refractivity contribution in [3.8, 4) is 0 Å². The molecule has 1 aromatic carbocycles. The van der Waals surface area contributed by atoms with E-state index in [9.17, 15) is 4.39 Å². The molecule has 1 aromatic heterocycles. The Labute approximate surface area is 114 Å². The summed E-state index contributed by atoms with van der Waals surface area (Å²) in [5, 5.41) is 3.20. The maximum absolute atomic E-state index is 13.6. The molecule has 0 fully saturated rings. The highest BCUT2D eigenvalue weighted by Gasteiger charge is 2.20. The largest absolute Gasteiger partial charge is 0.334 e. The van der Waals surface area contributed by atoms with Crippen LogP contribution in [0.15, 0.2) is 28.9 Å².